The molecule has 0 bridgehead atoms. The first kappa shape index (κ1) is 26.8. The average molecular weight is 676 g/mol. The Balaban J connectivity index is 1.24. The zero-order chi connectivity index (χ0) is 37.5. The van der Waals surface area contributed by atoms with Crippen LogP contribution in [0, 0.1) is 0 Å². The van der Waals surface area contributed by atoms with Gasteiger partial charge in [0.25, 0.3) is 0 Å². The van der Waals surface area contributed by atoms with E-state index in [1.807, 2.05) is 78.9 Å². The zero-order valence-electron chi connectivity index (χ0n) is 31.7. The highest BCUT2D eigenvalue weighted by Crippen LogP contribution is 2.50. The van der Waals surface area contributed by atoms with E-state index in [-0.39, 0.29) is 18.1 Å². The third-order valence-electron chi connectivity index (χ3n) is 10.7. The lowest BCUT2D eigenvalue weighted by Crippen LogP contribution is -1.98. The summed E-state index contributed by atoms with van der Waals surface area (Å²) in [5.41, 5.74) is 8.16. The second kappa shape index (κ2) is 11.8. The lowest BCUT2D eigenvalue weighted by molar-refractivity contribution is 0.487. The molecule has 0 radical (unpaired) electrons. The van der Waals surface area contributed by atoms with Crippen molar-refractivity contribution in [2.45, 2.75) is 0 Å². The van der Waals surface area contributed by atoms with Crippen LogP contribution in [-0.2, 0) is 0 Å². The molecule has 10 aromatic rings. The van der Waals surface area contributed by atoms with Crippen LogP contribution in [0.2, 0.25) is 0 Å². The fraction of sp³-hybridized carbons (Fsp3) is 0. The minimum atomic E-state index is 0.161. The summed E-state index contributed by atoms with van der Waals surface area (Å²) < 4.78 is 36.7. The van der Waals surface area contributed by atoms with Crippen LogP contribution < -0.4 is 4.74 Å². The van der Waals surface area contributed by atoms with Crippen molar-refractivity contribution in [3.8, 4) is 67.1 Å². The molecule has 0 N–H and O–H groups in total. The molecule has 0 unspecified atom stereocenters. The summed E-state index contributed by atoms with van der Waals surface area (Å²) in [6, 6.07) is 60.3. The van der Waals surface area contributed by atoms with E-state index in [1.54, 1.807) is 0 Å². The van der Waals surface area contributed by atoms with Gasteiger partial charge in [0, 0.05) is 10.9 Å². The van der Waals surface area contributed by atoms with Gasteiger partial charge in [0.2, 0.25) is 0 Å². The molecule has 0 aromatic heterocycles. The topological polar surface area (TPSA) is 9.23 Å². The Morgan fingerprint density at radius 2 is 0.981 bits per heavy atom. The molecule has 11 rings (SSSR count). The van der Waals surface area contributed by atoms with Crippen molar-refractivity contribution in [3.05, 3.63) is 194 Å². The van der Waals surface area contributed by atoms with E-state index in [1.165, 1.54) is 0 Å². The highest BCUT2D eigenvalue weighted by atomic mass is 16.5. The molecule has 0 saturated carbocycles. The van der Waals surface area contributed by atoms with Crippen molar-refractivity contribution in [2.24, 2.45) is 0 Å². The van der Waals surface area contributed by atoms with Crippen molar-refractivity contribution < 1.29 is 8.85 Å². The maximum atomic E-state index is 10.2. The van der Waals surface area contributed by atoms with Gasteiger partial charge in [-0.25, -0.2) is 0 Å². The summed E-state index contributed by atoms with van der Waals surface area (Å²) in [5, 5.41) is 8.15. The summed E-state index contributed by atoms with van der Waals surface area (Å²) >= 11 is 0. The first-order chi connectivity index (χ1) is 27.5. The van der Waals surface area contributed by atoms with Gasteiger partial charge in [0.05, 0.1) is 4.11 Å². The van der Waals surface area contributed by atoms with E-state index in [0.717, 1.165) is 93.5 Å². The summed E-state index contributed by atoms with van der Waals surface area (Å²) in [7, 11) is 0. The Morgan fingerprint density at radius 3 is 1.81 bits per heavy atom. The number of hydrogen-bond donors (Lipinski definition) is 0. The molecule has 1 heterocycles. The fourth-order valence-electron chi connectivity index (χ4n) is 8.23. The molecular weight excluding hydrogens is 641 g/mol. The van der Waals surface area contributed by atoms with Gasteiger partial charge in [-0.05, 0) is 130 Å². The van der Waals surface area contributed by atoms with E-state index in [4.69, 9.17) is 4.74 Å². The third kappa shape index (κ3) is 4.79. The molecule has 0 spiro atoms. The second-order valence-electron chi connectivity index (χ2n) is 13.7. The highest BCUT2D eigenvalue weighted by Gasteiger charge is 2.23. The van der Waals surface area contributed by atoms with Crippen LogP contribution in [0.25, 0.3) is 98.7 Å². The molecule has 1 aliphatic heterocycles. The number of rotatable bonds is 4. The normalized spacial score (nSPS) is 12.7. The van der Waals surface area contributed by atoms with Gasteiger partial charge >= 0.3 is 0 Å². The number of benzene rings is 10. The van der Waals surface area contributed by atoms with Crippen molar-refractivity contribution in [3.63, 3.8) is 0 Å². The predicted octanol–water partition coefficient (Wildman–Crippen LogP) is 14.7. The number of hydrogen-bond acceptors (Lipinski definition) is 1. The molecule has 1 heteroatoms. The van der Waals surface area contributed by atoms with Gasteiger partial charge in [-0.15, -0.1) is 0 Å². The van der Waals surface area contributed by atoms with Gasteiger partial charge in [-0.1, -0.05) is 152 Å². The van der Waals surface area contributed by atoms with E-state index in [0.29, 0.717) is 16.7 Å². The molecule has 0 fully saturated rings. The van der Waals surface area contributed by atoms with Gasteiger partial charge in [0.15, 0.2) is 0 Å². The molecule has 0 saturated heterocycles. The molecule has 246 valence electrons. The Morgan fingerprint density at radius 1 is 0.321 bits per heavy atom. The zero-order valence-corrected chi connectivity index (χ0v) is 28.7. The third-order valence-corrected chi connectivity index (χ3v) is 10.7. The van der Waals surface area contributed by atoms with Gasteiger partial charge < -0.3 is 4.74 Å². The molecule has 53 heavy (non-hydrogen) atoms. The highest BCUT2D eigenvalue weighted by molar-refractivity contribution is 6.20. The average Bonchev–Trinajstić information content (AvgIpc) is 3.24. The minimum absolute atomic E-state index is 0.161. The van der Waals surface area contributed by atoms with Crippen LogP contribution in [0.4, 0.5) is 0 Å². The molecule has 1 aliphatic rings. The number of ether oxygens (including phenoxy) is 1. The Bertz CT molecular complexity index is 3240. The van der Waals surface area contributed by atoms with Crippen LogP contribution in [0.15, 0.2) is 194 Å². The lowest BCUT2D eigenvalue weighted by atomic mass is 9.85. The van der Waals surface area contributed by atoms with Crippen molar-refractivity contribution in [1.82, 2.24) is 0 Å². The van der Waals surface area contributed by atoms with Gasteiger partial charge in [-0.2, -0.15) is 0 Å². The summed E-state index contributed by atoms with van der Waals surface area (Å²) in [6.07, 6.45) is 0. The van der Waals surface area contributed by atoms with Crippen LogP contribution >= 0.6 is 0 Å². The molecule has 10 aromatic carbocycles. The second-order valence-corrected chi connectivity index (χ2v) is 13.7. The molecule has 0 atom stereocenters. The van der Waals surface area contributed by atoms with E-state index >= 15 is 0 Å². The summed E-state index contributed by atoms with van der Waals surface area (Å²) in [5.74, 6) is 1.53. The van der Waals surface area contributed by atoms with Crippen LogP contribution in [0.1, 0.15) is 4.11 Å². The quantitative estimate of drug-likeness (QED) is 0.133. The van der Waals surface area contributed by atoms with Crippen LogP contribution in [0.3, 0.4) is 0 Å². The molecule has 0 amide bonds. The maximum absolute atomic E-state index is 10.2. The van der Waals surface area contributed by atoms with E-state index < -0.39 is 0 Å². The molecule has 1 nitrogen and oxygen atoms in total. The number of fused-ring (bicyclic) bond motifs is 6. The van der Waals surface area contributed by atoms with Crippen molar-refractivity contribution in [1.29, 1.82) is 0 Å². The largest absolute Gasteiger partial charge is 0.456 e. The van der Waals surface area contributed by atoms with E-state index in [9.17, 15) is 4.11 Å². The SMILES string of the molecule is [2H]c1c(-c2ccccc2)c([2H])c(-c2c3ccccc3cc3c2ccc2ccccc23)c([2H])c1-c1ccc2c3c(cccc13)-c1cc(-c3ccccc3)ccc1O2. The standard InChI is InChI=1S/C52H32O/c1-3-12-33(13-4-1)36-23-26-49-48(31-36)45-21-11-20-44-42(25-27-50(53-49)52(44)45)39-28-38(34-14-5-2-6-15-34)29-40(30-39)51-43-19-10-8-17-37(43)32-47-41-18-9-7-16-35(41)22-24-46(47)51/h1-32H/i28D,29D,30D. The first-order valence-corrected chi connectivity index (χ1v) is 18.0. The first-order valence-electron chi connectivity index (χ1n) is 19.5. The Labute approximate surface area is 312 Å². The smallest absolute Gasteiger partial charge is 0.135 e. The maximum Gasteiger partial charge on any atom is 0.135 e. The minimum Gasteiger partial charge on any atom is -0.456 e. The monoisotopic (exact) mass is 675 g/mol. The molecular formula is C52H32O. The Hall–Kier alpha value is -6.96. The van der Waals surface area contributed by atoms with Gasteiger partial charge in [0.1, 0.15) is 11.5 Å². The summed E-state index contributed by atoms with van der Waals surface area (Å²) in [6.45, 7) is 0. The van der Waals surface area contributed by atoms with Crippen LogP contribution in [0.5, 0.6) is 11.5 Å². The summed E-state index contributed by atoms with van der Waals surface area (Å²) in [4.78, 5) is 0. The predicted molar refractivity (Wildman–Crippen MR) is 224 cm³/mol. The Kier molecular flexibility index (Phi) is 5.97. The van der Waals surface area contributed by atoms with Crippen LogP contribution in [-0.4, -0.2) is 0 Å². The molecule has 0 aliphatic carbocycles. The van der Waals surface area contributed by atoms with E-state index in [2.05, 4.69) is 97.1 Å². The van der Waals surface area contributed by atoms with Gasteiger partial charge in [-0.3, -0.25) is 0 Å². The fourth-order valence-corrected chi connectivity index (χ4v) is 8.23. The lowest BCUT2D eigenvalue weighted by Gasteiger charge is -2.23. The van der Waals surface area contributed by atoms with Crippen molar-refractivity contribution in [2.75, 3.05) is 0 Å². The van der Waals surface area contributed by atoms with Crippen molar-refractivity contribution >= 4 is 43.1 Å².